The molecule has 9 heteroatoms. The summed E-state index contributed by atoms with van der Waals surface area (Å²) in [6.45, 7) is 1.72. The van der Waals surface area contributed by atoms with Gasteiger partial charge in [-0.15, -0.1) is 0 Å². The first-order valence-electron chi connectivity index (χ1n) is 16.5. The molecular formula is C37H44FN3O4S. The van der Waals surface area contributed by atoms with Crippen LogP contribution in [0.25, 0.3) is 0 Å². The molecule has 1 N–H and O–H groups in total. The molecule has 0 heterocycles. The van der Waals surface area contributed by atoms with Gasteiger partial charge >= 0.3 is 0 Å². The number of sulfonamides is 1. The van der Waals surface area contributed by atoms with Crippen molar-refractivity contribution in [3.63, 3.8) is 0 Å². The highest BCUT2D eigenvalue weighted by Gasteiger charge is 2.51. The van der Waals surface area contributed by atoms with E-state index in [-0.39, 0.29) is 24.3 Å². The minimum absolute atomic E-state index is 0.0102. The van der Waals surface area contributed by atoms with Gasteiger partial charge in [-0.2, -0.15) is 0 Å². The summed E-state index contributed by atoms with van der Waals surface area (Å²) in [4.78, 5) is 29.2. The first-order valence-corrected chi connectivity index (χ1v) is 18.3. The zero-order chi connectivity index (χ0) is 32.5. The van der Waals surface area contributed by atoms with Crippen molar-refractivity contribution in [3.8, 4) is 0 Å². The number of hydrogen-bond acceptors (Lipinski definition) is 4. The molecule has 4 fully saturated rings. The zero-order valence-electron chi connectivity index (χ0n) is 26.7. The van der Waals surface area contributed by atoms with Gasteiger partial charge in [-0.3, -0.25) is 13.9 Å². The fourth-order valence-corrected chi connectivity index (χ4v) is 9.54. The number of hydrogen-bond donors (Lipinski definition) is 1. The third-order valence-corrected chi connectivity index (χ3v) is 11.5. The molecule has 46 heavy (non-hydrogen) atoms. The van der Waals surface area contributed by atoms with Crippen molar-refractivity contribution >= 4 is 27.5 Å². The summed E-state index contributed by atoms with van der Waals surface area (Å²) < 4.78 is 41.3. The van der Waals surface area contributed by atoms with E-state index in [4.69, 9.17) is 0 Å². The highest BCUT2D eigenvalue weighted by Crippen LogP contribution is 2.60. The normalized spacial score (nSPS) is 23.9. The van der Waals surface area contributed by atoms with E-state index in [1.807, 2.05) is 49.4 Å². The Morgan fingerprint density at radius 1 is 0.870 bits per heavy atom. The third-order valence-electron chi connectivity index (χ3n) is 10.4. The topological polar surface area (TPSA) is 86.8 Å². The second-order valence-corrected chi connectivity index (χ2v) is 15.7. The van der Waals surface area contributed by atoms with Gasteiger partial charge in [0.25, 0.3) is 0 Å². The van der Waals surface area contributed by atoms with Crippen LogP contribution in [0.4, 0.5) is 10.1 Å². The second-order valence-electron chi connectivity index (χ2n) is 13.8. The summed E-state index contributed by atoms with van der Waals surface area (Å²) in [7, 11) is -3.86. The van der Waals surface area contributed by atoms with Crippen LogP contribution in [0.1, 0.15) is 62.1 Å². The third kappa shape index (κ3) is 6.99. The van der Waals surface area contributed by atoms with Crippen molar-refractivity contribution in [1.82, 2.24) is 10.2 Å². The van der Waals surface area contributed by atoms with Gasteiger partial charge in [0.1, 0.15) is 18.4 Å². The Balaban J connectivity index is 1.29. The fraction of sp³-hybridized carbons (Fsp3) is 0.459. The molecule has 4 saturated carbocycles. The number of anilines is 1. The molecule has 3 aromatic rings. The molecule has 0 radical (unpaired) electrons. The smallest absolute Gasteiger partial charge is 0.244 e. The van der Waals surface area contributed by atoms with E-state index in [1.54, 1.807) is 12.1 Å². The standard InChI is InChI=1S/C37H44FN3O4S/c1-3-39-36(43)34(20-26-7-5-4-6-8-26)40(24-27-9-13-32(38)14-10-27)35(42)25-41(46(2,44)45)33-15-11-31(12-16-33)37-21-28-17-29(22-37)19-30(18-28)23-37/h4-16,28-30,34H,3,17-25H2,1-2H3,(H,39,43). The summed E-state index contributed by atoms with van der Waals surface area (Å²) in [5.74, 6) is 1.09. The summed E-state index contributed by atoms with van der Waals surface area (Å²) in [6.07, 6.45) is 8.97. The monoisotopic (exact) mass is 645 g/mol. The van der Waals surface area contributed by atoms with Crippen LogP contribution in [-0.4, -0.2) is 50.5 Å². The Hall–Kier alpha value is -3.72. The average molecular weight is 646 g/mol. The second kappa shape index (κ2) is 13.2. The van der Waals surface area contributed by atoms with E-state index in [0.29, 0.717) is 17.8 Å². The summed E-state index contributed by atoms with van der Waals surface area (Å²) in [6, 6.07) is 22.0. The van der Waals surface area contributed by atoms with Crippen LogP contribution in [-0.2, 0) is 38.0 Å². The number of likely N-dealkylation sites (N-methyl/N-ethyl adjacent to an activating group) is 1. The molecule has 1 atom stereocenters. The SMILES string of the molecule is CCNC(=O)C(Cc1ccccc1)N(Cc1ccc(F)cc1)C(=O)CN(c1ccc(C23CC4CC(CC(C4)C2)C3)cc1)S(C)(=O)=O. The highest BCUT2D eigenvalue weighted by atomic mass is 32.2. The van der Waals surface area contributed by atoms with Crippen molar-refractivity contribution in [2.24, 2.45) is 17.8 Å². The van der Waals surface area contributed by atoms with E-state index in [0.717, 1.165) is 33.9 Å². The van der Waals surface area contributed by atoms with Crippen molar-refractivity contribution in [2.45, 2.75) is 69.9 Å². The lowest BCUT2D eigenvalue weighted by Gasteiger charge is -2.57. The molecule has 2 amide bonds. The highest BCUT2D eigenvalue weighted by molar-refractivity contribution is 7.92. The minimum Gasteiger partial charge on any atom is -0.355 e. The number of halogens is 1. The van der Waals surface area contributed by atoms with E-state index in [1.165, 1.54) is 61.1 Å². The van der Waals surface area contributed by atoms with Crippen LogP contribution in [0, 0.1) is 23.6 Å². The number of rotatable bonds is 12. The molecule has 4 aliphatic rings. The number of nitrogens with one attached hydrogen (secondary N) is 1. The van der Waals surface area contributed by atoms with E-state index >= 15 is 0 Å². The van der Waals surface area contributed by atoms with Crippen LogP contribution < -0.4 is 9.62 Å². The zero-order valence-corrected chi connectivity index (χ0v) is 27.5. The Kier molecular flexibility index (Phi) is 9.24. The van der Waals surface area contributed by atoms with E-state index in [9.17, 15) is 22.4 Å². The predicted octanol–water partition coefficient (Wildman–Crippen LogP) is 5.84. The Labute approximate surface area is 272 Å². The van der Waals surface area contributed by atoms with Gasteiger partial charge in [0.2, 0.25) is 21.8 Å². The van der Waals surface area contributed by atoms with Crippen LogP contribution in [0.15, 0.2) is 78.9 Å². The minimum atomic E-state index is -3.86. The van der Waals surface area contributed by atoms with E-state index < -0.39 is 34.3 Å². The number of carbonyl (C=O) groups is 2. The van der Waals surface area contributed by atoms with Crippen LogP contribution in [0.5, 0.6) is 0 Å². The Bertz CT molecular complexity index is 1610. The molecule has 7 rings (SSSR count). The van der Waals surface area contributed by atoms with Gasteiger partial charge in [0, 0.05) is 19.5 Å². The number of amides is 2. The summed E-state index contributed by atoms with van der Waals surface area (Å²) in [5.41, 5.74) is 3.34. The van der Waals surface area contributed by atoms with E-state index in [2.05, 4.69) is 17.4 Å². The fourth-order valence-electron chi connectivity index (χ4n) is 8.69. The van der Waals surface area contributed by atoms with Crippen LogP contribution in [0.3, 0.4) is 0 Å². The Morgan fingerprint density at radius 3 is 2.00 bits per heavy atom. The first-order chi connectivity index (χ1) is 22.0. The molecule has 0 aromatic heterocycles. The lowest BCUT2D eigenvalue weighted by atomic mass is 9.48. The maximum atomic E-state index is 14.2. The molecule has 0 spiro atoms. The quantitative estimate of drug-likeness (QED) is 0.268. The summed E-state index contributed by atoms with van der Waals surface area (Å²) >= 11 is 0. The van der Waals surface area contributed by atoms with Crippen LogP contribution >= 0.6 is 0 Å². The maximum absolute atomic E-state index is 14.2. The predicted molar refractivity (Wildman–Crippen MR) is 178 cm³/mol. The van der Waals surface area contributed by atoms with Gasteiger partial charge in [0.15, 0.2) is 0 Å². The number of nitrogens with zero attached hydrogens (tertiary/aromatic N) is 2. The average Bonchev–Trinajstić information content (AvgIpc) is 3.02. The van der Waals surface area contributed by atoms with Crippen LogP contribution in [0.2, 0.25) is 0 Å². The van der Waals surface area contributed by atoms with Gasteiger partial charge < -0.3 is 10.2 Å². The number of carbonyl (C=O) groups excluding carboxylic acids is 2. The molecule has 1 unspecified atom stereocenters. The molecule has 4 aliphatic carbocycles. The molecular weight excluding hydrogens is 601 g/mol. The first kappa shape index (κ1) is 32.2. The van der Waals surface area contributed by atoms with Crippen molar-refractivity contribution in [1.29, 1.82) is 0 Å². The molecule has 4 bridgehead atoms. The van der Waals surface area contributed by atoms with Crippen molar-refractivity contribution in [2.75, 3.05) is 23.7 Å². The van der Waals surface area contributed by atoms with Crippen molar-refractivity contribution < 1.29 is 22.4 Å². The molecule has 0 saturated heterocycles. The number of benzene rings is 3. The lowest BCUT2D eigenvalue weighted by Crippen LogP contribution is -2.53. The van der Waals surface area contributed by atoms with Crippen molar-refractivity contribution in [3.05, 3.63) is 101 Å². The van der Waals surface area contributed by atoms with Gasteiger partial charge in [-0.25, -0.2) is 12.8 Å². The summed E-state index contributed by atoms with van der Waals surface area (Å²) in [5, 5.41) is 2.85. The van der Waals surface area contributed by atoms with Gasteiger partial charge in [-0.05, 0) is 110 Å². The molecule has 7 nitrogen and oxygen atoms in total. The van der Waals surface area contributed by atoms with Gasteiger partial charge in [0.05, 0.1) is 11.9 Å². The lowest BCUT2D eigenvalue weighted by molar-refractivity contribution is -0.140. The molecule has 244 valence electrons. The van der Waals surface area contributed by atoms with Gasteiger partial charge in [-0.1, -0.05) is 54.6 Å². The Morgan fingerprint density at radius 2 is 1.46 bits per heavy atom. The largest absolute Gasteiger partial charge is 0.355 e. The maximum Gasteiger partial charge on any atom is 0.244 e. The molecule has 0 aliphatic heterocycles. The molecule has 3 aromatic carbocycles.